The van der Waals surface area contributed by atoms with Crippen molar-refractivity contribution in [3.63, 3.8) is 0 Å². The lowest BCUT2D eigenvalue weighted by molar-refractivity contribution is -0.490. The molecule has 1 saturated carbocycles. The number of Topliss-reactive ketones (excluding diaryl/α,β-unsaturated/α-hetero) is 1. The molecule has 8 nitrogen and oxygen atoms in total. The number of hydrogen-bond acceptors (Lipinski definition) is 6. The van der Waals surface area contributed by atoms with Crippen LogP contribution in [0.4, 0.5) is 5.69 Å². The number of nitrogens with one attached hydrogen (secondary N) is 1. The van der Waals surface area contributed by atoms with E-state index in [4.69, 9.17) is 27.9 Å². The number of carbonyl (C=O) groups is 3. The summed E-state index contributed by atoms with van der Waals surface area (Å²) in [6, 6.07) is 4.49. The summed E-state index contributed by atoms with van der Waals surface area (Å²) in [6.45, 7) is 0.834. The lowest BCUT2D eigenvalue weighted by atomic mass is 9.88. The molecule has 1 fully saturated rings. The molecule has 0 bridgehead atoms. The van der Waals surface area contributed by atoms with Crippen molar-refractivity contribution in [2.75, 3.05) is 18.5 Å². The second kappa shape index (κ2) is 9.14. The molecule has 3 atom stereocenters. The van der Waals surface area contributed by atoms with Crippen molar-refractivity contribution in [2.45, 2.75) is 19.8 Å². The van der Waals surface area contributed by atoms with Gasteiger partial charge in [0.15, 0.2) is 6.61 Å². The van der Waals surface area contributed by atoms with E-state index in [-0.39, 0.29) is 36.1 Å². The van der Waals surface area contributed by atoms with Crippen molar-refractivity contribution in [1.29, 1.82) is 0 Å². The van der Waals surface area contributed by atoms with Crippen molar-refractivity contribution in [3.8, 4) is 0 Å². The molecule has 0 radical (unpaired) electrons. The van der Waals surface area contributed by atoms with Gasteiger partial charge in [-0.1, -0.05) is 30.1 Å². The van der Waals surface area contributed by atoms with Crippen LogP contribution >= 0.6 is 23.2 Å². The Morgan fingerprint density at radius 1 is 1.33 bits per heavy atom. The van der Waals surface area contributed by atoms with Crippen LogP contribution in [0.2, 0.25) is 10.0 Å². The minimum atomic E-state index is -0.754. The van der Waals surface area contributed by atoms with Gasteiger partial charge in [0.25, 0.3) is 5.91 Å². The standard InChI is InChI=1S/C17H18Cl2N2O6/c1-9-4-15(22)11(12(9)7-21(25)26)6-17(24)27-8-16(23)20-10-2-3-13(18)14(19)5-10/h2-3,5,9,11-12H,4,6-8H2,1H3,(H,20,23)/t9-,11-,12+/m0/s1. The molecule has 1 aliphatic carbocycles. The van der Waals surface area contributed by atoms with Crippen LogP contribution in [0.5, 0.6) is 0 Å². The molecule has 2 rings (SSSR count). The average Bonchev–Trinajstić information content (AvgIpc) is 2.83. The summed E-state index contributed by atoms with van der Waals surface area (Å²) in [5.41, 5.74) is 0.385. The number of rotatable bonds is 7. The molecule has 1 aliphatic rings. The minimum Gasteiger partial charge on any atom is -0.456 e. The zero-order valence-electron chi connectivity index (χ0n) is 14.4. The summed E-state index contributed by atoms with van der Waals surface area (Å²) in [4.78, 5) is 46.1. The number of ketones is 1. The quantitative estimate of drug-likeness (QED) is 0.414. The van der Waals surface area contributed by atoms with Gasteiger partial charge in [0.2, 0.25) is 6.54 Å². The van der Waals surface area contributed by atoms with Gasteiger partial charge in [-0.2, -0.15) is 0 Å². The lowest BCUT2D eigenvalue weighted by Crippen LogP contribution is -2.28. The molecule has 146 valence electrons. The summed E-state index contributed by atoms with van der Waals surface area (Å²) in [6.07, 6.45) is -0.0734. The van der Waals surface area contributed by atoms with Gasteiger partial charge in [0.1, 0.15) is 5.78 Å². The highest BCUT2D eigenvalue weighted by Crippen LogP contribution is 2.36. The largest absolute Gasteiger partial charge is 0.456 e. The number of ether oxygens (including phenoxy) is 1. The van der Waals surface area contributed by atoms with Crippen molar-refractivity contribution < 1.29 is 24.0 Å². The first-order valence-electron chi connectivity index (χ1n) is 8.22. The van der Waals surface area contributed by atoms with Crippen LogP contribution in [-0.4, -0.2) is 35.7 Å². The maximum absolute atomic E-state index is 12.0. The fraction of sp³-hybridized carbons (Fsp3) is 0.471. The highest BCUT2D eigenvalue weighted by atomic mass is 35.5. The Morgan fingerprint density at radius 3 is 2.67 bits per heavy atom. The predicted octanol–water partition coefficient (Wildman–Crippen LogP) is 2.98. The van der Waals surface area contributed by atoms with Crippen LogP contribution in [0.1, 0.15) is 19.8 Å². The summed E-state index contributed by atoms with van der Waals surface area (Å²) in [5, 5.41) is 13.9. The molecule has 0 unspecified atom stereocenters. The molecule has 0 saturated heterocycles. The maximum atomic E-state index is 12.0. The van der Waals surface area contributed by atoms with Crippen molar-refractivity contribution in [1.82, 2.24) is 0 Å². The second-order valence-electron chi connectivity index (χ2n) is 6.48. The molecule has 0 aliphatic heterocycles. The number of hydrogen-bond donors (Lipinski definition) is 1. The van der Waals surface area contributed by atoms with Gasteiger partial charge in [-0.3, -0.25) is 24.5 Å². The first kappa shape index (κ1) is 21.1. The Kier molecular flexibility index (Phi) is 7.15. The van der Waals surface area contributed by atoms with Crippen LogP contribution in [-0.2, 0) is 19.1 Å². The maximum Gasteiger partial charge on any atom is 0.307 e. The predicted molar refractivity (Wildman–Crippen MR) is 98.3 cm³/mol. The molecule has 10 heteroatoms. The first-order valence-corrected chi connectivity index (χ1v) is 8.98. The zero-order chi connectivity index (χ0) is 20.1. The third-order valence-electron chi connectivity index (χ3n) is 4.50. The van der Waals surface area contributed by atoms with Crippen molar-refractivity contribution in [2.24, 2.45) is 17.8 Å². The van der Waals surface area contributed by atoms with Crippen LogP contribution < -0.4 is 5.32 Å². The third-order valence-corrected chi connectivity index (χ3v) is 5.24. The van der Waals surface area contributed by atoms with Gasteiger partial charge in [0, 0.05) is 28.9 Å². The number of benzene rings is 1. The molecule has 1 aromatic rings. The third kappa shape index (κ3) is 5.90. The minimum absolute atomic E-state index is 0.168. The molecule has 1 N–H and O–H groups in total. The fourth-order valence-corrected chi connectivity index (χ4v) is 3.45. The number of nitrogens with zero attached hydrogens (tertiary/aromatic N) is 1. The van der Waals surface area contributed by atoms with Crippen LogP contribution in [0, 0.1) is 27.9 Å². The molecule has 0 aromatic heterocycles. The Hall–Kier alpha value is -2.19. The van der Waals surface area contributed by atoms with E-state index in [0.717, 1.165) is 0 Å². The molecule has 1 aromatic carbocycles. The number of amides is 1. The van der Waals surface area contributed by atoms with Crippen molar-refractivity contribution >= 4 is 46.5 Å². The average molecular weight is 417 g/mol. The highest BCUT2D eigenvalue weighted by molar-refractivity contribution is 6.42. The van der Waals surface area contributed by atoms with Gasteiger partial charge < -0.3 is 10.1 Å². The van der Waals surface area contributed by atoms with E-state index in [1.165, 1.54) is 18.2 Å². The summed E-state index contributed by atoms with van der Waals surface area (Å²) >= 11 is 11.6. The Balaban J connectivity index is 1.85. The summed E-state index contributed by atoms with van der Waals surface area (Å²) < 4.78 is 4.90. The van der Waals surface area contributed by atoms with Gasteiger partial charge in [-0.25, -0.2) is 0 Å². The van der Waals surface area contributed by atoms with Crippen LogP contribution in [0.15, 0.2) is 18.2 Å². The highest BCUT2D eigenvalue weighted by Gasteiger charge is 2.44. The monoisotopic (exact) mass is 416 g/mol. The topological polar surface area (TPSA) is 116 Å². The smallest absolute Gasteiger partial charge is 0.307 e. The molecular weight excluding hydrogens is 399 g/mol. The van der Waals surface area contributed by atoms with Gasteiger partial charge in [-0.15, -0.1) is 0 Å². The van der Waals surface area contributed by atoms with E-state index in [2.05, 4.69) is 5.32 Å². The van der Waals surface area contributed by atoms with Crippen LogP contribution in [0.3, 0.4) is 0 Å². The number of halogens is 2. The van der Waals surface area contributed by atoms with Gasteiger partial charge in [-0.05, 0) is 24.1 Å². The normalized spacial score (nSPS) is 21.7. The van der Waals surface area contributed by atoms with E-state index in [0.29, 0.717) is 10.7 Å². The molecule has 1 amide bonds. The van der Waals surface area contributed by atoms with Crippen LogP contribution in [0.25, 0.3) is 0 Å². The van der Waals surface area contributed by atoms with Gasteiger partial charge in [0.05, 0.1) is 16.5 Å². The number of carbonyl (C=O) groups excluding carboxylic acids is 3. The lowest BCUT2D eigenvalue weighted by Gasteiger charge is -2.17. The first-order chi connectivity index (χ1) is 12.7. The number of nitro groups is 1. The van der Waals surface area contributed by atoms with E-state index >= 15 is 0 Å². The number of esters is 1. The summed E-state index contributed by atoms with van der Waals surface area (Å²) in [7, 11) is 0. The summed E-state index contributed by atoms with van der Waals surface area (Å²) in [5.74, 6) is -2.96. The SMILES string of the molecule is C[C@H]1CC(=O)[C@@H](CC(=O)OCC(=O)Nc2ccc(Cl)c(Cl)c2)[C@@H]1C[N+](=O)[O-]. The fourth-order valence-electron chi connectivity index (χ4n) is 3.16. The number of anilines is 1. The van der Waals surface area contributed by atoms with Crippen molar-refractivity contribution in [3.05, 3.63) is 38.4 Å². The molecule has 0 heterocycles. The Bertz CT molecular complexity index is 770. The zero-order valence-corrected chi connectivity index (χ0v) is 16.0. The van der Waals surface area contributed by atoms with E-state index in [9.17, 15) is 24.5 Å². The second-order valence-corrected chi connectivity index (χ2v) is 7.29. The van der Waals surface area contributed by atoms with Gasteiger partial charge >= 0.3 is 5.97 Å². The molecule has 27 heavy (non-hydrogen) atoms. The molecule has 0 spiro atoms. The van der Waals surface area contributed by atoms with E-state index in [1.54, 1.807) is 6.92 Å². The van der Waals surface area contributed by atoms with E-state index in [1.807, 2.05) is 0 Å². The Labute approximate surface area is 165 Å². The van der Waals surface area contributed by atoms with E-state index < -0.39 is 35.2 Å². The Morgan fingerprint density at radius 2 is 2.04 bits per heavy atom. The molecular formula is C17H18Cl2N2O6.